The molecule has 1 aromatic rings. The van der Waals surface area contributed by atoms with E-state index in [1.807, 2.05) is 0 Å². The Kier molecular flexibility index (Phi) is 5.08. The van der Waals surface area contributed by atoms with Crippen molar-refractivity contribution >= 4 is 23.4 Å². The second-order valence-electron chi connectivity index (χ2n) is 3.75. The molecule has 0 radical (unpaired) electrons. The van der Waals surface area contributed by atoms with E-state index in [0.29, 0.717) is 10.6 Å². The highest BCUT2D eigenvalue weighted by atomic mass is 32.2. The third-order valence-corrected chi connectivity index (χ3v) is 3.36. The van der Waals surface area contributed by atoms with Gasteiger partial charge in [0, 0.05) is 17.0 Å². The molecule has 7 heteroatoms. The van der Waals surface area contributed by atoms with Crippen molar-refractivity contribution in [1.29, 1.82) is 0 Å². The van der Waals surface area contributed by atoms with Gasteiger partial charge in [-0.1, -0.05) is 18.7 Å². The lowest BCUT2D eigenvalue weighted by atomic mass is 10.3. The third kappa shape index (κ3) is 3.69. The first-order valence-electron chi connectivity index (χ1n) is 5.29. The number of aryl methyl sites for hydroxylation is 1. The highest BCUT2D eigenvalue weighted by molar-refractivity contribution is 8.00. The van der Waals surface area contributed by atoms with Crippen LogP contribution in [0.15, 0.2) is 17.3 Å². The summed E-state index contributed by atoms with van der Waals surface area (Å²) in [6, 6.07) is 1.59. The Labute approximate surface area is 109 Å². The number of hydrogen-bond acceptors (Lipinski definition) is 6. The molecular weight excluding hydrogens is 256 g/mol. The van der Waals surface area contributed by atoms with E-state index in [0.717, 1.165) is 0 Å². The average molecular weight is 270 g/mol. The standard InChI is InChI=1S/C11H14N2O4S/c1-7-4-5-12-11(10(7)13(15)16)18-8(2)6-9(14)17-3/h4-5,8H,6H2,1-3H3. The molecule has 0 amide bonds. The first-order valence-corrected chi connectivity index (χ1v) is 6.17. The number of carbonyl (C=O) groups excluding carboxylic acids is 1. The Bertz CT molecular complexity index is 464. The molecule has 0 aromatic carbocycles. The summed E-state index contributed by atoms with van der Waals surface area (Å²) in [5, 5.41) is 11.2. The first-order chi connectivity index (χ1) is 8.45. The summed E-state index contributed by atoms with van der Waals surface area (Å²) in [6.07, 6.45) is 1.71. The molecule has 6 nitrogen and oxygen atoms in total. The van der Waals surface area contributed by atoms with Gasteiger partial charge in [-0.3, -0.25) is 14.9 Å². The van der Waals surface area contributed by atoms with Gasteiger partial charge in [0.25, 0.3) is 0 Å². The predicted molar refractivity (Wildman–Crippen MR) is 67.6 cm³/mol. The minimum absolute atomic E-state index is 0.000726. The van der Waals surface area contributed by atoms with Crippen LogP contribution in [0.3, 0.4) is 0 Å². The van der Waals surface area contributed by atoms with Gasteiger partial charge in [-0.25, -0.2) is 4.98 Å². The first kappa shape index (κ1) is 14.4. The zero-order chi connectivity index (χ0) is 13.7. The molecule has 1 rings (SSSR count). The molecule has 18 heavy (non-hydrogen) atoms. The molecule has 0 saturated heterocycles. The van der Waals surface area contributed by atoms with Gasteiger partial charge in [0.15, 0.2) is 5.03 Å². The van der Waals surface area contributed by atoms with E-state index in [1.165, 1.54) is 25.1 Å². The highest BCUT2D eigenvalue weighted by Crippen LogP contribution is 2.33. The van der Waals surface area contributed by atoms with Gasteiger partial charge in [0.2, 0.25) is 0 Å². The summed E-state index contributed by atoms with van der Waals surface area (Å²) in [4.78, 5) is 25.6. The molecule has 1 heterocycles. The maximum absolute atomic E-state index is 11.1. The second-order valence-corrected chi connectivity index (χ2v) is 5.17. The third-order valence-electron chi connectivity index (χ3n) is 2.27. The smallest absolute Gasteiger partial charge is 0.306 e. The van der Waals surface area contributed by atoms with Gasteiger partial charge in [0.1, 0.15) is 0 Å². The number of pyridine rings is 1. The maximum atomic E-state index is 11.1. The van der Waals surface area contributed by atoms with Crippen molar-refractivity contribution in [3.63, 3.8) is 0 Å². The summed E-state index contributed by atoms with van der Waals surface area (Å²) < 4.78 is 4.55. The van der Waals surface area contributed by atoms with Crippen molar-refractivity contribution in [2.45, 2.75) is 30.5 Å². The van der Waals surface area contributed by atoms with Crippen LogP contribution in [0.5, 0.6) is 0 Å². The molecule has 0 aliphatic carbocycles. The summed E-state index contributed by atoms with van der Waals surface area (Å²) in [5.74, 6) is -0.342. The Morgan fingerprint density at radius 1 is 1.67 bits per heavy atom. The van der Waals surface area contributed by atoms with E-state index in [4.69, 9.17) is 0 Å². The lowest BCUT2D eigenvalue weighted by Crippen LogP contribution is -2.09. The molecule has 1 aromatic heterocycles. The summed E-state index contributed by atoms with van der Waals surface area (Å²) >= 11 is 1.20. The Morgan fingerprint density at radius 2 is 2.33 bits per heavy atom. The Hall–Kier alpha value is -1.63. The molecule has 0 fully saturated rings. The van der Waals surface area contributed by atoms with Crippen LogP contribution >= 0.6 is 11.8 Å². The predicted octanol–water partition coefficient (Wildman–Crippen LogP) is 2.34. The van der Waals surface area contributed by atoms with E-state index in [1.54, 1.807) is 19.9 Å². The number of ether oxygens (including phenoxy) is 1. The number of nitrogens with zero attached hydrogens (tertiary/aromatic N) is 2. The van der Waals surface area contributed by atoms with E-state index < -0.39 is 4.92 Å². The van der Waals surface area contributed by atoms with Crippen LogP contribution in [0, 0.1) is 17.0 Å². The summed E-state index contributed by atoms with van der Waals surface area (Å²) in [5.41, 5.74) is 0.557. The highest BCUT2D eigenvalue weighted by Gasteiger charge is 2.22. The van der Waals surface area contributed by atoms with Crippen LogP contribution in [0.1, 0.15) is 18.9 Å². The Balaban J connectivity index is 2.87. The topological polar surface area (TPSA) is 82.3 Å². The lowest BCUT2D eigenvalue weighted by Gasteiger charge is -2.09. The number of hydrogen-bond donors (Lipinski definition) is 0. The zero-order valence-corrected chi connectivity index (χ0v) is 11.2. The minimum Gasteiger partial charge on any atom is -0.469 e. The molecule has 0 saturated carbocycles. The number of thioether (sulfide) groups is 1. The van der Waals surface area contributed by atoms with Crippen molar-refractivity contribution in [1.82, 2.24) is 4.98 Å². The normalized spacial score (nSPS) is 11.9. The van der Waals surface area contributed by atoms with Crippen LogP contribution in [0.25, 0.3) is 0 Å². The monoisotopic (exact) mass is 270 g/mol. The van der Waals surface area contributed by atoms with E-state index in [9.17, 15) is 14.9 Å². The fourth-order valence-corrected chi connectivity index (χ4v) is 2.45. The van der Waals surface area contributed by atoms with Gasteiger partial charge < -0.3 is 4.74 Å². The number of carbonyl (C=O) groups is 1. The molecule has 0 bridgehead atoms. The van der Waals surface area contributed by atoms with Crippen molar-refractivity contribution in [2.75, 3.05) is 7.11 Å². The molecular formula is C11H14N2O4S. The molecule has 1 atom stereocenters. The van der Waals surface area contributed by atoms with Crippen molar-refractivity contribution in [3.05, 3.63) is 27.9 Å². The molecule has 0 spiro atoms. The number of nitro groups is 1. The van der Waals surface area contributed by atoms with Crippen LogP contribution in [-0.2, 0) is 9.53 Å². The van der Waals surface area contributed by atoms with Crippen LogP contribution in [0.4, 0.5) is 5.69 Å². The zero-order valence-electron chi connectivity index (χ0n) is 10.4. The van der Waals surface area contributed by atoms with Crippen LogP contribution in [-0.4, -0.2) is 28.2 Å². The van der Waals surface area contributed by atoms with Crippen LogP contribution in [0.2, 0.25) is 0 Å². The van der Waals surface area contributed by atoms with Gasteiger partial charge in [-0.2, -0.15) is 0 Å². The van der Waals surface area contributed by atoms with Crippen LogP contribution < -0.4 is 0 Å². The SMILES string of the molecule is COC(=O)CC(C)Sc1nccc(C)c1[N+](=O)[O-]. The van der Waals surface area contributed by atoms with Gasteiger partial charge in [0.05, 0.1) is 18.5 Å². The van der Waals surface area contributed by atoms with Crippen molar-refractivity contribution in [3.8, 4) is 0 Å². The van der Waals surface area contributed by atoms with Gasteiger partial charge in [-0.05, 0) is 13.0 Å². The quantitative estimate of drug-likeness (QED) is 0.353. The molecule has 1 unspecified atom stereocenters. The van der Waals surface area contributed by atoms with Gasteiger partial charge in [-0.15, -0.1) is 0 Å². The minimum atomic E-state index is -0.449. The fraction of sp³-hybridized carbons (Fsp3) is 0.455. The van der Waals surface area contributed by atoms with Crippen molar-refractivity contribution < 1.29 is 14.5 Å². The van der Waals surface area contributed by atoms with E-state index in [2.05, 4.69) is 9.72 Å². The number of aromatic nitrogens is 1. The molecule has 0 N–H and O–H groups in total. The summed E-state index contributed by atoms with van der Waals surface area (Å²) in [6.45, 7) is 3.46. The number of rotatable bonds is 5. The average Bonchev–Trinajstić information content (AvgIpc) is 2.28. The Morgan fingerprint density at radius 3 is 2.89 bits per heavy atom. The maximum Gasteiger partial charge on any atom is 0.306 e. The van der Waals surface area contributed by atoms with E-state index in [-0.39, 0.29) is 23.3 Å². The number of esters is 1. The largest absolute Gasteiger partial charge is 0.469 e. The van der Waals surface area contributed by atoms with Gasteiger partial charge >= 0.3 is 11.7 Å². The lowest BCUT2D eigenvalue weighted by molar-refractivity contribution is -0.388. The molecule has 0 aliphatic rings. The second kappa shape index (κ2) is 6.34. The van der Waals surface area contributed by atoms with Crippen molar-refractivity contribution in [2.24, 2.45) is 0 Å². The molecule has 98 valence electrons. The van der Waals surface area contributed by atoms with E-state index >= 15 is 0 Å². The molecule has 0 aliphatic heterocycles. The summed E-state index contributed by atoms with van der Waals surface area (Å²) in [7, 11) is 1.31. The number of methoxy groups -OCH3 is 1. The fourth-order valence-electron chi connectivity index (χ4n) is 1.38.